The Hall–Kier alpha value is -3.68. The fraction of sp³-hybridized carbons (Fsp3) is 0.150. The third-order valence-electron chi connectivity index (χ3n) is 4.26. The predicted molar refractivity (Wildman–Crippen MR) is 104 cm³/mol. The zero-order chi connectivity index (χ0) is 20.3. The molecule has 0 bridgehead atoms. The summed E-state index contributed by atoms with van der Waals surface area (Å²) in [5.41, 5.74) is 6.95. The second kappa shape index (κ2) is 7.91. The minimum atomic E-state index is -0.835. The molecule has 2 aromatic carbocycles. The van der Waals surface area contributed by atoms with Crippen molar-refractivity contribution in [2.45, 2.75) is 13.0 Å². The van der Waals surface area contributed by atoms with Crippen LogP contribution in [-0.2, 0) is 4.79 Å². The summed E-state index contributed by atoms with van der Waals surface area (Å²) in [6, 6.07) is 8.75. The van der Waals surface area contributed by atoms with Gasteiger partial charge in [-0.1, -0.05) is 18.2 Å². The van der Waals surface area contributed by atoms with Crippen molar-refractivity contribution in [3.63, 3.8) is 0 Å². The zero-order valence-corrected chi connectivity index (χ0v) is 15.3. The van der Waals surface area contributed by atoms with Crippen LogP contribution < -0.4 is 15.8 Å². The number of fused-ring (bicyclic) bond motifs is 1. The highest BCUT2D eigenvalue weighted by Gasteiger charge is 2.21. The van der Waals surface area contributed by atoms with E-state index in [4.69, 9.17) is 10.5 Å². The van der Waals surface area contributed by atoms with Gasteiger partial charge in [-0.05, 0) is 37.3 Å². The molecule has 0 unspecified atom stereocenters. The molecule has 144 valence electrons. The maximum absolute atomic E-state index is 13.8. The Kier molecular flexibility index (Phi) is 5.39. The van der Waals surface area contributed by atoms with Crippen LogP contribution in [-0.4, -0.2) is 35.2 Å². The van der Waals surface area contributed by atoms with Gasteiger partial charge in [0.05, 0.1) is 29.3 Å². The minimum absolute atomic E-state index is 0.227. The molecule has 8 heteroatoms. The summed E-state index contributed by atoms with van der Waals surface area (Å²) in [6.07, 6.45) is 3.22. The van der Waals surface area contributed by atoms with Gasteiger partial charge in [-0.15, -0.1) is 0 Å². The highest BCUT2D eigenvalue weighted by Crippen LogP contribution is 2.32. The summed E-state index contributed by atoms with van der Waals surface area (Å²) in [7, 11) is 1.43. The van der Waals surface area contributed by atoms with Gasteiger partial charge < -0.3 is 15.8 Å². The number of amides is 2. The summed E-state index contributed by atoms with van der Waals surface area (Å²) < 4.78 is 19.3. The lowest BCUT2D eigenvalue weighted by Gasteiger charge is -2.13. The van der Waals surface area contributed by atoms with Crippen molar-refractivity contribution in [3.8, 4) is 5.75 Å². The van der Waals surface area contributed by atoms with Crippen LogP contribution in [0.4, 0.5) is 4.39 Å². The normalized spacial score (nSPS) is 12.2. The van der Waals surface area contributed by atoms with Crippen LogP contribution in [0.5, 0.6) is 5.75 Å². The number of aromatic amines is 1. The summed E-state index contributed by atoms with van der Waals surface area (Å²) >= 11 is 0. The molecule has 28 heavy (non-hydrogen) atoms. The van der Waals surface area contributed by atoms with Gasteiger partial charge in [-0.25, -0.2) is 4.39 Å². The quantitative estimate of drug-likeness (QED) is 0.608. The molecule has 3 rings (SSSR count). The molecule has 1 aromatic heterocycles. The maximum Gasteiger partial charge on any atom is 0.255 e. The van der Waals surface area contributed by atoms with Gasteiger partial charge in [0.2, 0.25) is 5.91 Å². The number of rotatable bonds is 6. The number of H-pyrrole nitrogens is 1. The van der Waals surface area contributed by atoms with E-state index >= 15 is 0 Å². The molecule has 0 fully saturated rings. The van der Waals surface area contributed by atoms with Crippen molar-refractivity contribution in [2.24, 2.45) is 5.73 Å². The number of methoxy groups -OCH3 is 1. The average molecular weight is 382 g/mol. The largest absolute Gasteiger partial charge is 0.495 e. The zero-order valence-electron chi connectivity index (χ0n) is 15.3. The number of hydrogen-bond acceptors (Lipinski definition) is 4. The van der Waals surface area contributed by atoms with Crippen LogP contribution in [0.3, 0.4) is 0 Å². The van der Waals surface area contributed by atoms with Crippen LogP contribution in [0.2, 0.25) is 0 Å². The highest BCUT2D eigenvalue weighted by atomic mass is 19.1. The van der Waals surface area contributed by atoms with Gasteiger partial charge in [-0.3, -0.25) is 14.7 Å². The first-order chi connectivity index (χ1) is 13.4. The molecule has 0 spiro atoms. The summed E-state index contributed by atoms with van der Waals surface area (Å²) in [4.78, 5) is 23.8. The van der Waals surface area contributed by atoms with E-state index < -0.39 is 17.9 Å². The van der Waals surface area contributed by atoms with Crippen LogP contribution in [0, 0.1) is 5.82 Å². The van der Waals surface area contributed by atoms with Gasteiger partial charge in [0, 0.05) is 5.56 Å². The van der Waals surface area contributed by atoms with Crippen LogP contribution in [0.1, 0.15) is 28.5 Å². The van der Waals surface area contributed by atoms with E-state index in [9.17, 15) is 14.0 Å². The lowest BCUT2D eigenvalue weighted by Crippen LogP contribution is -2.42. The molecule has 7 nitrogen and oxygen atoms in total. The molecule has 3 aromatic rings. The Morgan fingerprint density at radius 3 is 2.68 bits per heavy atom. The molecule has 2 amide bonds. The van der Waals surface area contributed by atoms with Crippen molar-refractivity contribution in [1.29, 1.82) is 0 Å². The molecule has 0 aliphatic carbocycles. The third-order valence-corrected chi connectivity index (χ3v) is 4.26. The Balaban J connectivity index is 2.03. The lowest BCUT2D eigenvalue weighted by atomic mass is 10.1. The highest BCUT2D eigenvalue weighted by molar-refractivity contribution is 6.06. The fourth-order valence-corrected chi connectivity index (χ4v) is 2.74. The molecule has 0 aliphatic heterocycles. The summed E-state index contributed by atoms with van der Waals surface area (Å²) in [5.74, 6) is -1.22. The second-order valence-corrected chi connectivity index (χ2v) is 6.13. The van der Waals surface area contributed by atoms with Crippen molar-refractivity contribution in [1.82, 2.24) is 15.5 Å². The molecular weight excluding hydrogens is 363 g/mol. The van der Waals surface area contributed by atoms with E-state index in [0.717, 1.165) is 0 Å². The topological polar surface area (TPSA) is 110 Å². The first-order valence-electron chi connectivity index (χ1n) is 8.50. The molecule has 0 aliphatic rings. The number of carbonyl (C=O) groups excluding carboxylic acids is 2. The maximum atomic E-state index is 13.8. The van der Waals surface area contributed by atoms with Gasteiger partial charge in [-0.2, -0.15) is 5.10 Å². The monoisotopic (exact) mass is 382 g/mol. The van der Waals surface area contributed by atoms with E-state index in [-0.39, 0.29) is 17.1 Å². The third kappa shape index (κ3) is 3.71. The number of primary amides is 1. The van der Waals surface area contributed by atoms with E-state index in [2.05, 4.69) is 15.5 Å². The molecule has 0 saturated heterocycles. The molecule has 4 N–H and O–H groups in total. The molecule has 0 radical (unpaired) electrons. The Morgan fingerprint density at radius 1 is 1.25 bits per heavy atom. The van der Waals surface area contributed by atoms with Crippen LogP contribution in [0.25, 0.3) is 23.1 Å². The number of nitrogens with two attached hydrogens (primary N) is 1. The Labute approximate surface area is 160 Å². The molecule has 0 saturated carbocycles. The van der Waals surface area contributed by atoms with E-state index in [1.165, 1.54) is 20.1 Å². The second-order valence-electron chi connectivity index (χ2n) is 6.13. The van der Waals surface area contributed by atoms with Gasteiger partial charge in [0.1, 0.15) is 17.6 Å². The summed E-state index contributed by atoms with van der Waals surface area (Å²) in [6.45, 7) is 1.49. The van der Waals surface area contributed by atoms with Gasteiger partial charge >= 0.3 is 0 Å². The number of carbonyl (C=O) groups is 2. The number of halogens is 1. The van der Waals surface area contributed by atoms with E-state index in [1.54, 1.807) is 42.5 Å². The van der Waals surface area contributed by atoms with Crippen LogP contribution >= 0.6 is 0 Å². The first-order valence-corrected chi connectivity index (χ1v) is 8.50. The molecular formula is C20H19FN4O3. The van der Waals surface area contributed by atoms with Gasteiger partial charge in [0.25, 0.3) is 5.91 Å². The van der Waals surface area contributed by atoms with E-state index in [0.29, 0.717) is 22.2 Å². The Morgan fingerprint density at radius 2 is 2.00 bits per heavy atom. The fourth-order valence-electron chi connectivity index (χ4n) is 2.74. The lowest BCUT2D eigenvalue weighted by molar-refractivity contribution is -0.119. The van der Waals surface area contributed by atoms with Crippen molar-refractivity contribution >= 4 is 34.9 Å². The van der Waals surface area contributed by atoms with Crippen molar-refractivity contribution in [2.75, 3.05) is 7.11 Å². The SMILES string of the molecule is COc1c(C(=O)N[C@@H](C)C(N)=O)ccc2[nH]nc(C=Cc3ccccc3F)c12. The smallest absolute Gasteiger partial charge is 0.255 e. The number of nitrogens with one attached hydrogen (secondary N) is 2. The minimum Gasteiger partial charge on any atom is -0.495 e. The Bertz CT molecular complexity index is 1070. The number of benzene rings is 2. The molecule has 1 heterocycles. The predicted octanol–water partition coefficient (Wildman–Crippen LogP) is 2.48. The summed E-state index contributed by atoms with van der Waals surface area (Å²) in [5, 5.41) is 10.2. The van der Waals surface area contributed by atoms with Crippen molar-refractivity contribution in [3.05, 3.63) is 59.0 Å². The molecule has 1 atom stereocenters. The number of aromatic nitrogens is 2. The van der Waals surface area contributed by atoms with Gasteiger partial charge in [0.15, 0.2) is 0 Å². The first kappa shape index (κ1) is 19.1. The van der Waals surface area contributed by atoms with Crippen molar-refractivity contribution < 1.29 is 18.7 Å². The van der Waals surface area contributed by atoms with E-state index in [1.807, 2.05) is 0 Å². The average Bonchev–Trinajstić information content (AvgIpc) is 3.09. The number of nitrogens with zero attached hydrogens (tertiary/aromatic N) is 1. The standard InChI is InChI=1S/C20H19FN4O3/c1-11(19(22)26)23-20(27)13-8-10-16-17(18(13)28-2)15(24-25-16)9-7-12-5-3-4-6-14(12)21/h3-11H,1-2H3,(H2,22,26)(H,23,27)(H,24,25)/t11-/m0/s1. The number of hydrogen-bond donors (Lipinski definition) is 3. The number of ether oxygens (including phenoxy) is 1. The van der Waals surface area contributed by atoms with Crippen LogP contribution in [0.15, 0.2) is 36.4 Å².